The van der Waals surface area contributed by atoms with Crippen molar-refractivity contribution in [2.45, 2.75) is 12.4 Å². The fourth-order valence-electron chi connectivity index (χ4n) is 5.24. The fraction of sp³-hybridized carbons (Fsp3) is 0.0606. The number of hydrogen-bond acceptors (Lipinski definition) is 7. The van der Waals surface area contributed by atoms with E-state index in [2.05, 4.69) is 0 Å². The topological polar surface area (TPSA) is 167 Å². The molecule has 3 aromatic rings. The summed E-state index contributed by atoms with van der Waals surface area (Å²) >= 11 is 0. The first-order chi connectivity index (χ1) is 25.2. The average molecular weight is 761 g/mol. The SMILES string of the molecule is N#CC(=C1C(=C(/C#N)c2c(F)c(F)c(C#N)c(F)c2F)/C1=C(/C#N)c1c(F)c(F)c(C#N)c(F)c1F)c1c(C(F)(F)F)c(C#N)cc(C#N)c1C(F)(F)F. The molecular weight excluding hydrogens is 760 g/mol. The van der Waals surface area contributed by atoms with Crippen molar-refractivity contribution < 1.29 is 61.5 Å². The summed E-state index contributed by atoms with van der Waals surface area (Å²) in [6.45, 7) is 0. The molecular formula is C33HF14N7. The summed E-state index contributed by atoms with van der Waals surface area (Å²) in [6.07, 6.45) is -12.2. The second-order valence-corrected chi connectivity index (χ2v) is 10.1. The van der Waals surface area contributed by atoms with E-state index in [0.29, 0.717) is 12.1 Å². The van der Waals surface area contributed by atoms with Gasteiger partial charge in [0.2, 0.25) is 0 Å². The third kappa shape index (κ3) is 5.75. The minimum atomic E-state index is -6.11. The Balaban J connectivity index is 2.52. The number of rotatable bonds is 3. The van der Waals surface area contributed by atoms with Crippen LogP contribution in [-0.4, -0.2) is 0 Å². The van der Waals surface area contributed by atoms with E-state index in [4.69, 9.17) is 10.5 Å². The molecule has 54 heavy (non-hydrogen) atoms. The Bertz CT molecular complexity index is 2460. The highest BCUT2D eigenvalue weighted by molar-refractivity contribution is 6.13. The lowest BCUT2D eigenvalue weighted by atomic mass is 9.86. The molecule has 0 spiro atoms. The van der Waals surface area contributed by atoms with E-state index < -0.39 is 142 Å². The van der Waals surface area contributed by atoms with E-state index >= 15 is 17.6 Å². The van der Waals surface area contributed by atoms with Gasteiger partial charge in [0.25, 0.3) is 0 Å². The monoisotopic (exact) mass is 761 g/mol. The molecule has 0 atom stereocenters. The zero-order valence-corrected chi connectivity index (χ0v) is 25.0. The standard InChI is InChI=1S/C33HF14N7/c34-24-14(7-53)25(35)29(39)20(28(24)38)12(5-51)17-16(18(17)13(6-52)21-30(40)26(36)15(8-54)27(37)31(21)41)11(4-50)19-22(32(42,43)44)9(2-48)1-10(3-49)23(19)33(45,46)47/h1H/b16-11?,17-12-,18-13+. The summed E-state index contributed by atoms with van der Waals surface area (Å²) in [5.74, 6) is -20.9. The minimum Gasteiger partial charge on any atom is -0.203 e. The Morgan fingerprint density at radius 1 is 0.389 bits per heavy atom. The first-order valence-corrected chi connectivity index (χ1v) is 13.3. The molecule has 7 nitrogen and oxygen atoms in total. The number of halogens is 14. The van der Waals surface area contributed by atoms with Crippen LogP contribution in [0, 0.1) is 126 Å². The number of nitriles is 7. The van der Waals surface area contributed by atoms with Gasteiger partial charge in [-0.2, -0.15) is 63.2 Å². The molecule has 1 fully saturated rings. The summed E-state index contributed by atoms with van der Waals surface area (Å²) in [4.78, 5) is 0. The molecule has 0 aromatic heterocycles. The fourth-order valence-corrected chi connectivity index (χ4v) is 5.24. The highest BCUT2D eigenvalue weighted by Gasteiger charge is 2.50. The largest absolute Gasteiger partial charge is 0.418 e. The Labute approximate surface area is 289 Å². The van der Waals surface area contributed by atoms with Crippen LogP contribution in [-0.2, 0) is 12.4 Å². The quantitative estimate of drug-likeness (QED) is 0.146. The minimum absolute atomic E-state index is 0.212. The molecule has 0 amide bonds. The second kappa shape index (κ2) is 13.5. The molecule has 4 rings (SSSR count). The van der Waals surface area contributed by atoms with Crippen LogP contribution in [0.4, 0.5) is 61.5 Å². The van der Waals surface area contributed by atoms with Gasteiger partial charge >= 0.3 is 12.4 Å². The summed E-state index contributed by atoms with van der Waals surface area (Å²) in [5, 5.41) is 66.5. The molecule has 1 aliphatic carbocycles. The van der Waals surface area contributed by atoms with Gasteiger partial charge in [0.1, 0.15) is 41.5 Å². The summed E-state index contributed by atoms with van der Waals surface area (Å²) in [7, 11) is 0. The number of benzene rings is 3. The zero-order valence-electron chi connectivity index (χ0n) is 25.0. The van der Waals surface area contributed by atoms with Crippen molar-refractivity contribution in [2.75, 3.05) is 0 Å². The van der Waals surface area contributed by atoms with Crippen LogP contribution in [0.5, 0.6) is 0 Å². The smallest absolute Gasteiger partial charge is 0.203 e. The molecule has 1 saturated carbocycles. The third-order valence-electron chi connectivity index (χ3n) is 7.41. The Morgan fingerprint density at radius 3 is 0.852 bits per heavy atom. The van der Waals surface area contributed by atoms with Gasteiger partial charge in [-0.3, -0.25) is 0 Å². The van der Waals surface area contributed by atoms with Gasteiger partial charge < -0.3 is 0 Å². The second-order valence-electron chi connectivity index (χ2n) is 10.1. The van der Waals surface area contributed by atoms with E-state index in [9.17, 15) is 70.2 Å². The lowest BCUT2D eigenvalue weighted by molar-refractivity contribution is -0.143. The van der Waals surface area contributed by atoms with Gasteiger partial charge in [-0.1, -0.05) is 0 Å². The molecule has 0 saturated heterocycles. The van der Waals surface area contributed by atoms with E-state index in [0.717, 1.165) is 30.3 Å². The van der Waals surface area contributed by atoms with Crippen molar-refractivity contribution in [1.82, 2.24) is 0 Å². The van der Waals surface area contributed by atoms with Gasteiger partial charge in [-0.05, 0) is 6.07 Å². The number of nitrogens with zero attached hydrogens (tertiary/aromatic N) is 7. The van der Waals surface area contributed by atoms with E-state index in [1.807, 2.05) is 0 Å². The predicted molar refractivity (Wildman–Crippen MR) is 145 cm³/mol. The first kappa shape index (κ1) is 39.1. The van der Waals surface area contributed by atoms with Gasteiger partial charge in [0.15, 0.2) is 46.5 Å². The first-order valence-electron chi connectivity index (χ1n) is 13.3. The number of hydrogen-bond donors (Lipinski definition) is 0. The molecule has 1 aliphatic rings. The summed E-state index contributed by atoms with van der Waals surface area (Å²) in [6, 6.07) is 5.36. The van der Waals surface area contributed by atoms with Crippen LogP contribution in [0.3, 0.4) is 0 Å². The zero-order chi connectivity index (χ0) is 40.9. The Kier molecular flexibility index (Phi) is 9.76. The highest BCUT2D eigenvalue weighted by Crippen LogP contribution is 2.59. The number of alkyl halides is 6. The number of allylic oxidation sites excluding steroid dienone is 6. The highest BCUT2D eigenvalue weighted by atomic mass is 19.4. The molecule has 21 heteroatoms. The maximum absolute atomic E-state index is 15.2. The van der Waals surface area contributed by atoms with E-state index in [1.165, 1.54) is 0 Å². The van der Waals surface area contributed by atoms with Crippen LogP contribution in [0.1, 0.15) is 50.1 Å². The van der Waals surface area contributed by atoms with Crippen LogP contribution in [0.2, 0.25) is 0 Å². The molecule has 0 N–H and O–H groups in total. The van der Waals surface area contributed by atoms with Crippen molar-refractivity contribution in [3.8, 4) is 42.5 Å². The van der Waals surface area contributed by atoms with E-state index in [1.54, 1.807) is 0 Å². The molecule has 0 radical (unpaired) electrons. The van der Waals surface area contributed by atoms with Crippen LogP contribution < -0.4 is 0 Å². The van der Waals surface area contributed by atoms with Gasteiger partial charge in [-0.15, -0.1) is 0 Å². The van der Waals surface area contributed by atoms with Crippen LogP contribution >= 0.6 is 0 Å². The predicted octanol–water partition coefficient (Wildman–Crippen LogP) is 8.57. The molecule has 0 unspecified atom stereocenters. The normalized spacial score (nSPS) is 15.0. The Hall–Kier alpha value is -7.67. The average Bonchev–Trinajstić information content (AvgIpc) is 3.82. The van der Waals surface area contributed by atoms with Crippen LogP contribution in [0.25, 0.3) is 16.7 Å². The van der Waals surface area contributed by atoms with Crippen molar-refractivity contribution in [3.05, 3.63) is 119 Å². The van der Waals surface area contributed by atoms with E-state index in [-0.39, 0.29) is 6.07 Å². The third-order valence-corrected chi connectivity index (χ3v) is 7.41. The Morgan fingerprint density at radius 2 is 0.648 bits per heavy atom. The van der Waals surface area contributed by atoms with Crippen LogP contribution in [0.15, 0.2) is 22.8 Å². The maximum Gasteiger partial charge on any atom is 0.418 e. The molecule has 0 bridgehead atoms. The van der Waals surface area contributed by atoms with Crippen molar-refractivity contribution >= 4 is 16.7 Å². The van der Waals surface area contributed by atoms with Gasteiger partial charge in [0.05, 0.1) is 62.2 Å². The molecule has 0 aliphatic heterocycles. The lowest BCUT2D eigenvalue weighted by Crippen LogP contribution is -2.20. The van der Waals surface area contributed by atoms with Crippen molar-refractivity contribution in [1.29, 1.82) is 36.8 Å². The molecule has 3 aromatic carbocycles. The summed E-state index contributed by atoms with van der Waals surface area (Å²) < 4.78 is 207. The summed E-state index contributed by atoms with van der Waals surface area (Å²) in [5.41, 5.74) is -31.1. The lowest BCUT2D eigenvalue weighted by Gasteiger charge is -2.20. The van der Waals surface area contributed by atoms with Gasteiger partial charge in [0, 0.05) is 22.3 Å². The molecule has 266 valence electrons. The van der Waals surface area contributed by atoms with Crippen molar-refractivity contribution in [3.63, 3.8) is 0 Å². The van der Waals surface area contributed by atoms with Crippen molar-refractivity contribution in [2.24, 2.45) is 0 Å². The molecule has 0 heterocycles. The van der Waals surface area contributed by atoms with Gasteiger partial charge in [-0.25, -0.2) is 35.1 Å². The maximum atomic E-state index is 15.2.